The zero-order valence-corrected chi connectivity index (χ0v) is 12.2. The maximum absolute atomic E-state index is 11.6. The summed E-state index contributed by atoms with van der Waals surface area (Å²) in [6, 6.07) is 8.62. The van der Waals surface area contributed by atoms with Crippen LogP contribution >= 0.6 is 23.4 Å². The number of halogens is 1. The number of aromatic nitrogens is 3. The first kappa shape index (κ1) is 13.7. The summed E-state index contributed by atoms with van der Waals surface area (Å²) in [7, 11) is 0. The summed E-state index contributed by atoms with van der Waals surface area (Å²) in [4.78, 5) is 12.1. The molecule has 4 N–H and O–H groups in total. The number of pyridine rings is 1. The number of nitrogen functional groups attached to an aromatic ring is 1. The van der Waals surface area contributed by atoms with Crippen molar-refractivity contribution in [1.29, 1.82) is 0 Å². The average molecular weight is 320 g/mol. The Kier molecular flexibility index (Phi) is 3.44. The van der Waals surface area contributed by atoms with Gasteiger partial charge in [0, 0.05) is 16.8 Å². The number of hydrogen-bond acceptors (Lipinski definition) is 5. The molecule has 0 bridgehead atoms. The third kappa shape index (κ3) is 2.53. The molecule has 3 rings (SSSR count). The van der Waals surface area contributed by atoms with Gasteiger partial charge >= 0.3 is 0 Å². The summed E-state index contributed by atoms with van der Waals surface area (Å²) in [5, 5.41) is 9.06. The molecule has 0 aliphatic heterocycles. The molecule has 21 heavy (non-hydrogen) atoms. The van der Waals surface area contributed by atoms with Gasteiger partial charge in [-0.05, 0) is 36.0 Å². The van der Waals surface area contributed by atoms with Gasteiger partial charge in [-0.1, -0.05) is 17.7 Å². The van der Waals surface area contributed by atoms with Crippen LogP contribution in [0.2, 0.25) is 5.02 Å². The van der Waals surface area contributed by atoms with Crippen LogP contribution in [0.15, 0.2) is 46.6 Å². The molecule has 2 aromatic heterocycles. The number of amides is 1. The summed E-state index contributed by atoms with van der Waals surface area (Å²) in [5.41, 5.74) is 12.4. The van der Waals surface area contributed by atoms with E-state index in [1.807, 2.05) is 24.4 Å². The molecular formula is C13H10ClN5OS. The first-order valence-corrected chi connectivity index (χ1v) is 7.12. The minimum atomic E-state index is -0.597. The quantitative estimate of drug-likeness (QED) is 0.721. The molecule has 0 spiro atoms. The largest absolute Gasteiger partial charge is 0.399 e. The number of benzene rings is 1. The van der Waals surface area contributed by atoms with Crippen LogP contribution in [0.25, 0.3) is 5.65 Å². The zero-order valence-electron chi connectivity index (χ0n) is 10.7. The monoisotopic (exact) mass is 319 g/mol. The zero-order chi connectivity index (χ0) is 15.0. The van der Waals surface area contributed by atoms with E-state index in [1.54, 1.807) is 10.5 Å². The van der Waals surface area contributed by atoms with Crippen LogP contribution in [0, 0.1) is 0 Å². The lowest BCUT2D eigenvalue weighted by atomic mass is 10.2. The maximum Gasteiger partial charge on any atom is 0.249 e. The van der Waals surface area contributed by atoms with Gasteiger partial charge in [0.25, 0.3) is 0 Å². The number of primary amides is 1. The Morgan fingerprint density at radius 2 is 2.10 bits per heavy atom. The Balaban J connectivity index is 2.11. The molecule has 1 aromatic carbocycles. The van der Waals surface area contributed by atoms with Crippen LogP contribution in [0.4, 0.5) is 5.69 Å². The maximum atomic E-state index is 11.6. The standard InChI is InChI=1S/C13H10ClN5OS/c14-9-6-7(15)5-8(12(16)20)11(9)21-13-18-17-10-3-1-2-4-19(10)13/h1-6H,15H2,(H2,16,20). The van der Waals surface area contributed by atoms with Gasteiger partial charge in [0.1, 0.15) is 0 Å². The second kappa shape index (κ2) is 5.27. The molecule has 0 unspecified atom stereocenters. The van der Waals surface area contributed by atoms with Crippen LogP contribution in [-0.4, -0.2) is 20.5 Å². The SMILES string of the molecule is NC(=O)c1cc(N)cc(Cl)c1Sc1nnc2ccccn12. The minimum absolute atomic E-state index is 0.262. The van der Waals surface area contributed by atoms with Crippen molar-refractivity contribution in [3.8, 4) is 0 Å². The fourth-order valence-electron chi connectivity index (χ4n) is 1.88. The molecule has 2 heterocycles. The van der Waals surface area contributed by atoms with Crippen molar-refractivity contribution in [2.75, 3.05) is 5.73 Å². The number of rotatable bonds is 3. The van der Waals surface area contributed by atoms with Crippen molar-refractivity contribution >= 4 is 40.6 Å². The van der Waals surface area contributed by atoms with Crippen molar-refractivity contribution in [3.63, 3.8) is 0 Å². The molecular weight excluding hydrogens is 310 g/mol. The second-order valence-corrected chi connectivity index (χ2v) is 5.64. The van der Waals surface area contributed by atoms with Gasteiger partial charge in [-0.3, -0.25) is 9.20 Å². The predicted octanol–water partition coefficient (Wildman–Crippen LogP) is 2.21. The van der Waals surface area contributed by atoms with Crippen molar-refractivity contribution in [2.45, 2.75) is 10.1 Å². The molecule has 0 radical (unpaired) electrons. The third-order valence-electron chi connectivity index (χ3n) is 2.81. The predicted molar refractivity (Wildman–Crippen MR) is 81.5 cm³/mol. The third-order valence-corrected chi connectivity index (χ3v) is 4.32. The smallest absolute Gasteiger partial charge is 0.249 e. The summed E-state index contributed by atoms with van der Waals surface area (Å²) in [6.45, 7) is 0. The Morgan fingerprint density at radius 3 is 2.86 bits per heavy atom. The van der Waals surface area contributed by atoms with E-state index >= 15 is 0 Å². The average Bonchev–Trinajstić information content (AvgIpc) is 2.84. The molecule has 6 nitrogen and oxygen atoms in total. The van der Waals surface area contributed by atoms with Crippen molar-refractivity contribution < 1.29 is 4.79 Å². The highest BCUT2D eigenvalue weighted by atomic mass is 35.5. The topological polar surface area (TPSA) is 99.3 Å². The first-order chi connectivity index (χ1) is 10.1. The van der Waals surface area contributed by atoms with Gasteiger partial charge in [-0.25, -0.2) is 0 Å². The molecule has 0 atom stereocenters. The highest BCUT2D eigenvalue weighted by molar-refractivity contribution is 7.99. The number of anilines is 1. The van der Waals surface area contributed by atoms with E-state index in [0.29, 0.717) is 26.4 Å². The first-order valence-electron chi connectivity index (χ1n) is 5.92. The molecule has 3 aromatic rings. The second-order valence-electron chi connectivity index (χ2n) is 4.26. The molecule has 0 saturated carbocycles. The van der Waals surface area contributed by atoms with E-state index in [1.165, 1.54) is 17.8 Å². The van der Waals surface area contributed by atoms with Gasteiger partial charge < -0.3 is 11.5 Å². The van der Waals surface area contributed by atoms with Gasteiger partial charge in [0.15, 0.2) is 5.65 Å². The number of hydrogen-bond donors (Lipinski definition) is 2. The highest BCUT2D eigenvalue weighted by Gasteiger charge is 2.17. The van der Waals surface area contributed by atoms with E-state index < -0.39 is 5.91 Å². The molecule has 0 fully saturated rings. The van der Waals surface area contributed by atoms with Crippen LogP contribution in [0.3, 0.4) is 0 Å². The summed E-state index contributed by atoms with van der Waals surface area (Å²) in [5.74, 6) is -0.597. The number of nitrogens with two attached hydrogens (primary N) is 2. The van der Waals surface area contributed by atoms with Crippen molar-refractivity contribution in [1.82, 2.24) is 14.6 Å². The number of carbonyl (C=O) groups is 1. The number of nitrogens with zero attached hydrogens (tertiary/aromatic N) is 3. The van der Waals surface area contributed by atoms with Crippen molar-refractivity contribution in [3.05, 3.63) is 47.1 Å². The number of carbonyl (C=O) groups excluding carboxylic acids is 1. The molecule has 0 aliphatic rings. The lowest BCUT2D eigenvalue weighted by molar-refractivity contribution is 0.0997. The fraction of sp³-hybridized carbons (Fsp3) is 0. The molecule has 0 saturated heterocycles. The lowest BCUT2D eigenvalue weighted by Gasteiger charge is -2.09. The van der Waals surface area contributed by atoms with Gasteiger partial charge in [-0.2, -0.15) is 0 Å². The van der Waals surface area contributed by atoms with E-state index in [2.05, 4.69) is 10.2 Å². The Morgan fingerprint density at radius 1 is 1.29 bits per heavy atom. The molecule has 1 amide bonds. The van der Waals surface area contributed by atoms with Crippen LogP contribution in [0.5, 0.6) is 0 Å². The lowest BCUT2D eigenvalue weighted by Crippen LogP contribution is -2.13. The summed E-state index contributed by atoms with van der Waals surface area (Å²) < 4.78 is 1.79. The van der Waals surface area contributed by atoms with Crippen LogP contribution < -0.4 is 11.5 Å². The van der Waals surface area contributed by atoms with Crippen LogP contribution in [-0.2, 0) is 0 Å². The minimum Gasteiger partial charge on any atom is -0.399 e. The van der Waals surface area contributed by atoms with E-state index in [4.69, 9.17) is 23.1 Å². The number of fused-ring (bicyclic) bond motifs is 1. The van der Waals surface area contributed by atoms with E-state index in [-0.39, 0.29) is 5.56 Å². The summed E-state index contributed by atoms with van der Waals surface area (Å²) in [6.07, 6.45) is 1.83. The Labute approximate surface area is 129 Å². The van der Waals surface area contributed by atoms with Crippen LogP contribution in [0.1, 0.15) is 10.4 Å². The normalized spacial score (nSPS) is 10.9. The Bertz CT molecular complexity index is 848. The summed E-state index contributed by atoms with van der Waals surface area (Å²) >= 11 is 7.40. The van der Waals surface area contributed by atoms with Gasteiger partial charge in [0.2, 0.25) is 11.1 Å². The fourth-order valence-corrected chi connectivity index (χ4v) is 3.17. The van der Waals surface area contributed by atoms with E-state index in [9.17, 15) is 4.79 Å². The van der Waals surface area contributed by atoms with E-state index in [0.717, 1.165) is 0 Å². The van der Waals surface area contributed by atoms with Gasteiger partial charge in [-0.15, -0.1) is 10.2 Å². The van der Waals surface area contributed by atoms with Gasteiger partial charge in [0.05, 0.1) is 10.6 Å². The Hall–Kier alpha value is -2.25. The highest BCUT2D eigenvalue weighted by Crippen LogP contribution is 2.36. The molecule has 8 heteroatoms. The molecule has 106 valence electrons. The van der Waals surface area contributed by atoms with Crippen molar-refractivity contribution in [2.24, 2.45) is 5.73 Å². The molecule has 0 aliphatic carbocycles.